The maximum absolute atomic E-state index is 15.2. The number of urea groups is 1. The zero-order chi connectivity index (χ0) is 27.1. The molecule has 2 amide bonds. The van der Waals surface area contributed by atoms with E-state index in [9.17, 15) is 9.59 Å². The maximum atomic E-state index is 15.2. The van der Waals surface area contributed by atoms with Gasteiger partial charge in [-0.15, -0.1) is 22.7 Å². The van der Waals surface area contributed by atoms with Gasteiger partial charge in [0.2, 0.25) is 0 Å². The van der Waals surface area contributed by atoms with E-state index in [0.29, 0.717) is 29.1 Å². The number of hydrogen-bond acceptors (Lipinski definition) is 6. The first-order chi connectivity index (χ1) is 17.3. The summed E-state index contributed by atoms with van der Waals surface area (Å²) in [6.45, 7) is 14.5. The molecule has 0 saturated carbocycles. The van der Waals surface area contributed by atoms with Crippen molar-refractivity contribution in [3.05, 3.63) is 49.0 Å². The van der Waals surface area contributed by atoms with Gasteiger partial charge in [-0.05, 0) is 82.2 Å². The number of halogens is 2. The smallest absolute Gasteiger partial charge is 0.341 e. The number of nitrogens with one attached hydrogen (secondary N) is 2. The standard InChI is InChI=1S/C27H35F2N3O3S2/c1-7-32-12-11-16-18(22(36-20(16)14-32)27(28,29)15(2)3)13-30-25(34)31-23-21(24(33)35-26(4,5)6)17-9-8-10-19(17)37-23/h2,7-14H2,1,3-6H3,(H2,30,31,34). The zero-order valence-corrected chi connectivity index (χ0v) is 23.7. The van der Waals surface area contributed by atoms with E-state index < -0.39 is 23.5 Å². The first-order valence-corrected chi connectivity index (χ1v) is 14.3. The molecule has 10 heteroatoms. The summed E-state index contributed by atoms with van der Waals surface area (Å²) in [6, 6.07) is -0.541. The van der Waals surface area contributed by atoms with Crippen LogP contribution >= 0.6 is 22.7 Å². The molecule has 0 bridgehead atoms. The molecule has 0 fully saturated rings. The fourth-order valence-corrected chi connectivity index (χ4v) is 7.51. The lowest BCUT2D eigenvalue weighted by molar-refractivity contribution is 0.00700. The Balaban J connectivity index is 1.56. The third-order valence-electron chi connectivity index (χ3n) is 6.69. The number of carbonyl (C=O) groups excluding carboxylic acids is 2. The van der Waals surface area contributed by atoms with Crippen LogP contribution in [0.3, 0.4) is 0 Å². The third kappa shape index (κ3) is 5.76. The summed E-state index contributed by atoms with van der Waals surface area (Å²) >= 11 is 2.50. The predicted molar refractivity (Wildman–Crippen MR) is 145 cm³/mol. The summed E-state index contributed by atoms with van der Waals surface area (Å²) in [5.41, 5.74) is 1.82. The Hall–Kier alpha value is -2.30. The first-order valence-electron chi connectivity index (χ1n) is 12.6. The molecule has 2 aliphatic rings. The number of rotatable bonds is 7. The Morgan fingerprint density at radius 3 is 2.49 bits per heavy atom. The van der Waals surface area contributed by atoms with Crippen molar-refractivity contribution in [1.29, 1.82) is 0 Å². The van der Waals surface area contributed by atoms with Crippen LogP contribution in [0.2, 0.25) is 0 Å². The minimum absolute atomic E-state index is 0.0329. The van der Waals surface area contributed by atoms with Gasteiger partial charge in [0.05, 0.1) is 10.4 Å². The van der Waals surface area contributed by atoms with Crippen molar-refractivity contribution < 1.29 is 23.1 Å². The number of nitrogens with zero attached hydrogens (tertiary/aromatic N) is 1. The van der Waals surface area contributed by atoms with Gasteiger partial charge in [0, 0.05) is 29.4 Å². The zero-order valence-electron chi connectivity index (χ0n) is 22.1. The molecular formula is C27H35F2N3O3S2. The van der Waals surface area contributed by atoms with E-state index >= 15 is 8.78 Å². The lowest BCUT2D eigenvalue weighted by Gasteiger charge is -2.25. The van der Waals surface area contributed by atoms with Crippen LogP contribution in [0.25, 0.3) is 0 Å². The van der Waals surface area contributed by atoms with Gasteiger partial charge in [-0.2, -0.15) is 8.78 Å². The molecular weight excluding hydrogens is 516 g/mol. The maximum Gasteiger partial charge on any atom is 0.341 e. The number of ether oxygens (including phenoxy) is 1. The van der Waals surface area contributed by atoms with Crippen LogP contribution in [-0.4, -0.2) is 35.6 Å². The number of allylic oxidation sites excluding steroid dienone is 1. The molecule has 2 N–H and O–H groups in total. The summed E-state index contributed by atoms with van der Waals surface area (Å²) in [5.74, 6) is -3.64. The number of hydrogen-bond donors (Lipinski definition) is 2. The molecule has 2 aromatic rings. The Morgan fingerprint density at radius 1 is 1.11 bits per heavy atom. The Bertz CT molecular complexity index is 1230. The summed E-state index contributed by atoms with van der Waals surface area (Å²) < 4.78 is 35.9. The number of fused-ring (bicyclic) bond motifs is 2. The molecule has 6 nitrogen and oxygen atoms in total. The average molecular weight is 552 g/mol. The second-order valence-electron chi connectivity index (χ2n) is 10.7. The number of esters is 1. The average Bonchev–Trinajstić information content (AvgIpc) is 3.48. The summed E-state index contributed by atoms with van der Waals surface area (Å²) in [6.07, 6.45) is 3.24. The monoisotopic (exact) mass is 551 g/mol. The second-order valence-corrected chi connectivity index (χ2v) is 12.9. The van der Waals surface area contributed by atoms with E-state index in [1.807, 2.05) is 0 Å². The molecule has 3 heterocycles. The highest BCUT2D eigenvalue weighted by molar-refractivity contribution is 7.17. The summed E-state index contributed by atoms with van der Waals surface area (Å²) in [7, 11) is 0. The lowest BCUT2D eigenvalue weighted by atomic mass is 9.98. The Morgan fingerprint density at radius 2 is 1.84 bits per heavy atom. The van der Waals surface area contributed by atoms with Gasteiger partial charge in [-0.25, -0.2) is 9.59 Å². The fourth-order valence-electron chi connectivity index (χ4n) is 4.78. The normalized spacial score (nSPS) is 15.8. The number of aryl methyl sites for hydroxylation is 1. The van der Waals surface area contributed by atoms with Crippen molar-refractivity contribution in [3.8, 4) is 0 Å². The SMILES string of the molecule is C=C(C)C(F)(F)c1sc2c(c1CNC(=O)Nc1sc3c(c1C(=O)OC(C)(C)C)CCC3)CCN(CC)C2. The van der Waals surface area contributed by atoms with Crippen LogP contribution < -0.4 is 10.6 Å². The van der Waals surface area contributed by atoms with Gasteiger partial charge in [0.1, 0.15) is 10.6 Å². The van der Waals surface area contributed by atoms with Crippen LogP contribution in [0.15, 0.2) is 12.2 Å². The van der Waals surface area contributed by atoms with Gasteiger partial charge in [-0.1, -0.05) is 13.5 Å². The molecule has 0 aromatic carbocycles. The van der Waals surface area contributed by atoms with E-state index in [1.54, 1.807) is 20.8 Å². The number of carbonyl (C=O) groups is 2. The van der Waals surface area contributed by atoms with Gasteiger partial charge in [0.25, 0.3) is 0 Å². The third-order valence-corrected chi connectivity index (χ3v) is 9.23. The van der Waals surface area contributed by atoms with Gasteiger partial charge in [0.15, 0.2) is 0 Å². The van der Waals surface area contributed by atoms with E-state index in [1.165, 1.54) is 18.3 Å². The van der Waals surface area contributed by atoms with Crippen LogP contribution in [0, 0.1) is 0 Å². The minimum Gasteiger partial charge on any atom is -0.456 e. The van der Waals surface area contributed by atoms with Crippen molar-refractivity contribution in [3.63, 3.8) is 0 Å². The van der Waals surface area contributed by atoms with Gasteiger partial charge >= 0.3 is 17.9 Å². The Labute approximate surface area is 225 Å². The molecule has 0 atom stereocenters. The quantitative estimate of drug-likeness (QED) is 0.300. The molecule has 37 heavy (non-hydrogen) atoms. The number of thiophene rings is 2. The lowest BCUT2D eigenvalue weighted by Crippen LogP contribution is -2.32. The van der Waals surface area contributed by atoms with Gasteiger partial charge < -0.3 is 10.1 Å². The first kappa shape index (κ1) is 27.7. The van der Waals surface area contributed by atoms with E-state index in [0.717, 1.165) is 64.6 Å². The fraction of sp³-hybridized carbons (Fsp3) is 0.556. The van der Waals surface area contributed by atoms with Crippen molar-refractivity contribution in [1.82, 2.24) is 10.2 Å². The molecule has 4 rings (SSSR count). The largest absolute Gasteiger partial charge is 0.456 e. The molecule has 0 spiro atoms. The molecule has 0 unspecified atom stereocenters. The van der Waals surface area contributed by atoms with Crippen molar-refractivity contribution >= 4 is 39.7 Å². The highest BCUT2D eigenvalue weighted by Gasteiger charge is 2.40. The Kier molecular flexibility index (Phi) is 7.84. The van der Waals surface area contributed by atoms with Crippen molar-refractivity contribution in [2.24, 2.45) is 0 Å². The highest BCUT2D eigenvalue weighted by atomic mass is 32.1. The van der Waals surface area contributed by atoms with Crippen LogP contribution in [0.4, 0.5) is 18.6 Å². The van der Waals surface area contributed by atoms with Gasteiger partial charge in [-0.3, -0.25) is 10.2 Å². The second kappa shape index (κ2) is 10.5. The summed E-state index contributed by atoms with van der Waals surface area (Å²) in [5, 5.41) is 6.02. The van der Waals surface area contributed by atoms with Crippen LogP contribution in [0.1, 0.15) is 82.7 Å². The molecule has 2 aromatic heterocycles. The van der Waals surface area contributed by atoms with Crippen LogP contribution in [-0.2, 0) is 43.0 Å². The molecule has 202 valence electrons. The minimum atomic E-state index is -3.18. The highest BCUT2D eigenvalue weighted by Crippen LogP contribution is 2.45. The predicted octanol–water partition coefficient (Wildman–Crippen LogP) is 6.62. The van der Waals surface area contributed by atoms with E-state index in [2.05, 4.69) is 29.0 Å². The van der Waals surface area contributed by atoms with Crippen molar-refractivity contribution in [2.45, 2.75) is 84.9 Å². The van der Waals surface area contributed by atoms with E-state index in [4.69, 9.17) is 4.74 Å². The number of alkyl halides is 2. The van der Waals surface area contributed by atoms with Crippen molar-refractivity contribution in [2.75, 3.05) is 18.4 Å². The summed E-state index contributed by atoms with van der Waals surface area (Å²) in [4.78, 5) is 30.1. The number of amides is 2. The van der Waals surface area contributed by atoms with E-state index in [-0.39, 0.29) is 17.0 Å². The molecule has 0 saturated heterocycles. The topological polar surface area (TPSA) is 70.7 Å². The molecule has 1 aliphatic heterocycles. The number of anilines is 1. The number of likely N-dealkylation sites (N-methyl/N-ethyl adjacent to an activating group) is 1. The molecule has 0 radical (unpaired) electrons. The van der Waals surface area contributed by atoms with Crippen LogP contribution in [0.5, 0.6) is 0 Å². The molecule has 1 aliphatic carbocycles.